The fourth-order valence-corrected chi connectivity index (χ4v) is 0.756. The van der Waals surface area contributed by atoms with Crippen molar-refractivity contribution in [2.75, 3.05) is 6.61 Å². The van der Waals surface area contributed by atoms with Gasteiger partial charge in [-0.15, -0.1) is 0 Å². The van der Waals surface area contributed by atoms with E-state index in [4.69, 9.17) is 0 Å². The van der Waals surface area contributed by atoms with E-state index in [1.165, 1.54) is 0 Å². The topological polar surface area (TPSA) is 26.3 Å². The van der Waals surface area contributed by atoms with Gasteiger partial charge in [0.2, 0.25) is 0 Å². The zero-order valence-electron chi connectivity index (χ0n) is 5.59. The number of hydrogen-bond donors (Lipinski definition) is 0. The Morgan fingerprint density at radius 2 is 2.30 bits per heavy atom. The molecular formula is C8H8O2. The number of esters is 1. The maximum atomic E-state index is 10.8. The average molecular weight is 136 g/mol. The Morgan fingerprint density at radius 1 is 1.60 bits per heavy atom. The summed E-state index contributed by atoms with van der Waals surface area (Å²) in [7, 11) is 0. The summed E-state index contributed by atoms with van der Waals surface area (Å²) in [6.45, 7) is 7.43. The minimum absolute atomic E-state index is 0.301. The number of ether oxygens (including phenoxy) is 1. The quantitative estimate of drug-likeness (QED) is 0.400. The maximum Gasteiger partial charge on any atom is 0.338 e. The highest BCUT2D eigenvalue weighted by atomic mass is 16.5. The second-order valence-corrected chi connectivity index (χ2v) is 2.00. The van der Waals surface area contributed by atoms with Crippen LogP contribution >= 0.6 is 0 Å². The highest BCUT2D eigenvalue weighted by Gasteiger charge is 2.21. The van der Waals surface area contributed by atoms with Crippen molar-refractivity contribution in [3.63, 3.8) is 0 Å². The molecule has 0 aliphatic carbocycles. The smallest absolute Gasteiger partial charge is 0.338 e. The highest BCUT2D eigenvalue weighted by molar-refractivity contribution is 5.96. The number of carbonyl (C=O) groups is 1. The van der Waals surface area contributed by atoms with Gasteiger partial charge in [-0.2, -0.15) is 0 Å². The summed E-state index contributed by atoms with van der Waals surface area (Å²) in [6, 6.07) is 0. The lowest BCUT2D eigenvalue weighted by molar-refractivity contribution is -0.134. The minimum Gasteiger partial charge on any atom is -0.457 e. The summed E-state index contributed by atoms with van der Waals surface area (Å²) in [5.41, 5.74) is 1.26. The molecule has 10 heavy (non-hydrogen) atoms. The van der Waals surface area contributed by atoms with Gasteiger partial charge < -0.3 is 4.74 Å². The Kier molecular flexibility index (Phi) is 1.71. The van der Waals surface area contributed by atoms with E-state index in [1.54, 1.807) is 12.2 Å². The lowest BCUT2D eigenvalue weighted by Crippen LogP contribution is -1.93. The van der Waals surface area contributed by atoms with Gasteiger partial charge in [0.15, 0.2) is 0 Å². The molecule has 2 nitrogen and oxygen atoms in total. The van der Waals surface area contributed by atoms with Crippen molar-refractivity contribution >= 4 is 5.97 Å². The van der Waals surface area contributed by atoms with E-state index >= 15 is 0 Å². The van der Waals surface area contributed by atoms with Crippen LogP contribution in [-0.2, 0) is 9.53 Å². The molecule has 0 unspecified atom stereocenters. The molecule has 1 aliphatic rings. The van der Waals surface area contributed by atoms with Crippen LogP contribution in [0.25, 0.3) is 0 Å². The van der Waals surface area contributed by atoms with Crippen LogP contribution in [0.15, 0.2) is 36.5 Å². The first kappa shape index (κ1) is 6.81. The van der Waals surface area contributed by atoms with Crippen LogP contribution in [0.4, 0.5) is 0 Å². The van der Waals surface area contributed by atoms with Gasteiger partial charge in [0.1, 0.15) is 6.61 Å². The van der Waals surface area contributed by atoms with Gasteiger partial charge in [-0.1, -0.05) is 19.2 Å². The van der Waals surface area contributed by atoms with E-state index in [9.17, 15) is 4.79 Å². The van der Waals surface area contributed by atoms with Gasteiger partial charge in [0.05, 0.1) is 5.57 Å². The molecule has 0 aromatic carbocycles. The zero-order chi connectivity index (χ0) is 7.56. The number of carbonyl (C=O) groups excluding carboxylic acids is 1. The van der Waals surface area contributed by atoms with E-state index in [-0.39, 0.29) is 5.97 Å². The molecule has 0 N–H and O–H groups in total. The van der Waals surface area contributed by atoms with Crippen LogP contribution in [0.1, 0.15) is 0 Å². The fourth-order valence-electron chi connectivity index (χ4n) is 0.756. The van der Waals surface area contributed by atoms with Crippen molar-refractivity contribution in [1.82, 2.24) is 0 Å². The van der Waals surface area contributed by atoms with E-state index in [1.807, 2.05) is 0 Å². The molecule has 0 aromatic heterocycles. The van der Waals surface area contributed by atoms with E-state index in [2.05, 4.69) is 17.9 Å². The highest BCUT2D eigenvalue weighted by Crippen LogP contribution is 2.17. The number of rotatable bonds is 1. The van der Waals surface area contributed by atoms with Crippen LogP contribution in [0, 0.1) is 0 Å². The third-order valence-corrected chi connectivity index (χ3v) is 1.26. The second kappa shape index (κ2) is 2.52. The molecule has 0 saturated carbocycles. The van der Waals surface area contributed by atoms with E-state index < -0.39 is 0 Å². The monoisotopic (exact) mass is 136 g/mol. The van der Waals surface area contributed by atoms with Gasteiger partial charge in [-0.05, 0) is 11.6 Å². The molecule has 1 fully saturated rings. The molecule has 1 saturated heterocycles. The SMILES string of the molecule is C=C/C=C1\C(=C)COC1=O. The third-order valence-electron chi connectivity index (χ3n) is 1.26. The summed E-state index contributed by atoms with van der Waals surface area (Å²) in [6.07, 6.45) is 3.16. The summed E-state index contributed by atoms with van der Waals surface area (Å²) >= 11 is 0. The summed E-state index contributed by atoms with van der Waals surface area (Å²) in [5, 5.41) is 0. The lowest BCUT2D eigenvalue weighted by Gasteiger charge is -1.86. The molecule has 0 aromatic rings. The molecule has 0 atom stereocenters. The van der Waals surface area contributed by atoms with Crippen molar-refractivity contribution in [2.45, 2.75) is 0 Å². The maximum absolute atomic E-state index is 10.8. The Bertz CT molecular complexity index is 205. The van der Waals surface area contributed by atoms with Gasteiger partial charge in [-0.25, -0.2) is 4.79 Å². The van der Waals surface area contributed by atoms with Crippen LogP contribution in [0.3, 0.4) is 0 Å². The second-order valence-electron chi connectivity index (χ2n) is 2.00. The van der Waals surface area contributed by atoms with Crippen LogP contribution in [-0.4, -0.2) is 12.6 Å². The molecule has 1 aliphatic heterocycles. The van der Waals surface area contributed by atoms with Crippen molar-refractivity contribution in [1.29, 1.82) is 0 Å². The van der Waals surface area contributed by atoms with E-state index in [0.717, 1.165) is 5.57 Å². The average Bonchev–Trinajstić information content (AvgIpc) is 2.20. The van der Waals surface area contributed by atoms with Gasteiger partial charge in [-0.3, -0.25) is 0 Å². The van der Waals surface area contributed by atoms with Crippen molar-refractivity contribution < 1.29 is 9.53 Å². The Hall–Kier alpha value is -1.31. The van der Waals surface area contributed by atoms with Gasteiger partial charge in [0, 0.05) is 0 Å². The predicted molar refractivity (Wildman–Crippen MR) is 38.4 cm³/mol. The summed E-state index contributed by atoms with van der Waals surface area (Å²) in [4.78, 5) is 10.8. The molecule has 2 heteroatoms. The van der Waals surface area contributed by atoms with Crippen LogP contribution in [0.2, 0.25) is 0 Å². The van der Waals surface area contributed by atoms with Gasteiger partial charge >= 0.3 is 5.97 Å². The molecule has 0 spiro atoms. The number of cyclic esters (lactones) is 1. The molecule has 1 heterocycles. The number of allylic oxidation sites excluding steroid dienone is 2. The molecule has 0 radical (unpaired) electrons. The largest absolute Gasteiger partial charge is 0.457 e. The molecule has 0 amide bonds. The molecule has 0 bridgehead atoms. The lowest BCUT2D eigenvalue weighted by atomic mass is 10.1. The van der Waals surface area contributed by atoms with Crippen molar-refractivity contribution in [3.05, 3.63) is 36.5 Å². The number of hydrogen-bond acceptors (Lipinski definition) is 2. The predicted octanol–water partition coefficient (Wildman–Crippen LogP) is 1.21. The first-order valence-electron chi connectivity index (χ1n) is 2.93. The Labute approximate surface area is 59.5 Å². The van der Waals surface area contributed by atoms with E-state index in [0.29, 0.717) is 12.2 Å². The molecule has 52 valence electrons. The van der Waals surface area contributed by atoms with Crippen molar-refractivity contribution in [2.24, 2.45) is 0 Å². The van der Waals surface area contributed by atoms with Crippen LogP contribution in [0.5, 0.6) is 0 Å². The van der Waals surface area contributed by atoms with Gasteiger partial charge in [0.25, 0.3) is 0 Å². The normalized spacial score (nSPS) is 21.4. The fraction of sp³-hybridized carbons (Fsp3) is 0.125. The van der Waals surface area contributed by atoms with Crippen molar-refractivity contribution in [3.8, 4) is 0 Å². The first-order chi connectivity index (χ1) is 4.75. The zero-order valence-corrected chi connectivity index (χ0v) is 5.59. The third kappa shape index (κ3) is 1.00. The minimum atomic E-state index is -0.301. The first-order valence-corrected chi connectivity index (χ1v) is 2.93. The summed E-state index contributed by atoms with van der Waals surface area (Å²) < 4.78 is 4.68. The Balaban J connectivity index is 2.92. The molecular weight excluding hydrogens is 128 g/mol. The summed E-state index contributed by atoms with van der Waals surface area (Å²) in [5.74, 6) is -0.301. The Morgan fingerprint density at radius 3 is 2.70 bits per heavy atom. The van der Waals surface area contributed by atoms with Crippen LogP contribution < -0.4 is 0 Å². The molecule has 1 rings (SSSR count). The standard InChI is InChI=1S/C8H8O2/c1-3-4-7-6(2)5-10-8(7)9/h3-4H,1-2,5H2/b7-4+.